The van der Waals surface area contributed by atoms with Crippen LogP contribution in [0.2, 0.25) is 0 Å². The zero-order valence-corrected chi connectivity index (χ0v) is 20.2. The Morgan fingerprint density at radius 1 is 1.16 bits per heavy atom. The molecule has 0 saturated carbocycles. The first-order valence-electron chi connectivity index (χ1n) is 9.67. The lowest BCUT2D eigenvalue weighted by Gasteiger charge is -2.13. The molecule has 9 heteroatoms. The molecule has 3 aromatic rings. The van der Waals surface area contributed by atoms with Gasteiger partial charge in [0.1, 0.15) is 10.4 Å². The highest BCUT2D eigenvalue weighted by molar-refractivity contribution is 9.13. The largest absolute Gasteiger partial charge is 0.496 e. The molecule has 1 aromatic heterocycles. The van der Waals surface area contributed by atoms with E-state index in [4.69, 9.17) is 9.47 Å². The second-order valence-electron chi connectivity index (χ2n) is 6.87. The maximum Gasteiger partial charge on any atom is 0.411 e. The first-order chi connectivity index (χ1) is 14.8. The zero-order valence-electron chi connectivity index (χ0n) is 17.1. The Kier molecular flexibility index (Phi) is 7.61. The molecule has 0 aliphatic heterocycles. The number of ether oxygens (including phenoxy) is 2. The quantitative estimate of drug-likeness (QED) is 0.321. The van der Waals surface area contributed by atoms with E-state index in [9.17, 15) is 14.7 Å². The van der Waals surface area contributed by atoms with Crippen molar-refractivity contribution in [1.29, 1.82) is 0 Å². The summed E-state index contributed by atoms with van der Waals surface area (Å²) in [7, 11) is 1.51. The van der Waals surface area contributed by atoms with Gasteiger partial charge in [-0.3, -0.25) is 5.32 Å². The van der Waals surface area contributed by atoms with E-state index < -0.39 is 12.1 Å². The number of hydrogen-bond donors (Lipinski definition) is 2. The molecule has 0 bridgehead atoms. The van der Waals surface area contributed by atoms with E-state index in [1.54, 1.807) is 12.1 Å². The first kappa shape index (κ1) is 23.1. The van der Waals surface area contributed by atoms with Gasteiger partial charge in [0.15, 0.2) is 0 Å². The Morgan fingerprint density at radius 2 is 1.94 bits per heavy atom. The molecule has 31 heavy (non-hydrogen) atoms. The van der Waals surface area contributed by atoms with Crippen LogP contribution in [0.5, 0.6) is 5.75 Å². The second-order valence-corrected chi connectivity index (χ2v) is 8.41. The van der Waals surface area contributed by atoms with Crippen molar-refractivity contribution in [2.24, 2.45) is 0 Å². The predicted molar refractivity (Wildman–Crippen MR) is 126 cm³/mol. The van der Waals surface area contributed by atoms with E-state index in [0.717, 1.165) is 38.4 Å². The van der Waals surface area contributed by atoms with Crippen molar-refractivity contribution < 1.29 is 24.2 Å². The van der Waals surface area contributed by atoms with Gasteiger partial charge in [0.05, 0.1) is 35.8 Å². The number of carboxylic acids is 1. The SMILES string of the molecule is CCCCOC(=O)Nc1ccc2c(Br)c(Br)n(Cc3ccc(C(=O)O)cc3OC)c2c1. The number of carboxylic acid groups (broad SMARTS) is 1. The van der Waals surface area contributed by atoms with Crippen LogP contribution in [0, 0.1) is 0 Å². The van der Waals surface area contributed by atoms with Crippen molar-refractivity contribution in [1.82, 2.24) is 4.57 Å². The zero-order chi connectivity index (χ0) is 22.5. The number of aromatic nitrogens is 1. The fourth-order valence-corrected chi connectivity index (χ4v) is 4.23. The molecule has 7 nitrogen and oxygen atoms in total. The molecule has 2 N–H and O–H groups in total. The van der Waals surface area contributed by atoms with Gasteiger partial charge in [0.2, 0.25) is 0 Å². The van der Waals surface area contributed by atoms with Gasteiger partial charge in [0.25, 0.3) is 0 Å². The van der Waals surface area contributed by atoms with Crippen LogP contribution in [0.3, 0.4) is 0 Å². The van der Waals surface area contributed by atoms with Crippen LogP contribution in [-0.2, 0) is 11.3 Å². The Bertz CT molecular complexity index is 1130. The maximum absolute atomic E-state index is 12.0. The summed E-state index contributed by atoms with van der Waals surface area (Å²) in [4.78, 5) is 23.3. The first-order valence-corrected chi connectivity index (χ1v) is 11.3. The van der Waals surface area contributed by atoms with Gasteiger partial charge in [0, 0.05) is 16.6 Å². The third kappa shape index (κ3) is 5.22. The topological polar surface area (TPSA) is 89.8 Å². The molecule has 1 heterocycles. The highest BCUT2D eigenvalue weighted by atomic mass is 79.9. The van der Waals surface area contributed by atoms with Gasteiger partial charge in [-0.2, -0.15) is 0 Å². The standard InChI is InChI=1S/C22H22Br2N2O5/c1-3-4-9-31-22(29)25-15-7-8-16-17(11-15)26(20(24)19(16)23)12-14-6-5-13(21(27)28)10-18(14)30-2/h5-8,10-11H,3-4,9,12H2,1-2H3,(H,25,29)(H,27,28). The molecule has 0 fully saturated rings. The second kappa shape index (κ2) is 10.2. The molecule has 0 spiro atoms. The molecule has 0 aliphatic carbocycles. The number of rotatable bonds is 8. The fraction of sp³-hybridized carbons (Fsp3) is 0.273. The van der Waals surface area contributed by atoms with Crippen molar-refractivity contribution in [3.05, 3.63) is 56.6 Å². The number of nitrogens with zero attached hydrogens (tertiary/aromatic N) is 1. The van der Waals surface area contributed by atoms with Crippen molar-refractivity contribution in [2.75, 3.05) is 19.0 Å². The van der Waals surface area contributed by atoms with E-state index in [0.29, 0.717) is 24.6 Å². The summed E-state index contributed by atoms with van der Waals surface area (Å²) < 4.78 is 14.3. The van der Waals surface area contributed by atoms with Crippen LogP contribution in [0.15, 0.2) is 45.5 Å². The van der Waals surface area contributed by atoms with Crippen LogP contribution in [-0.4, -0.2) is 35.5 Å². The molecule has 3 rings (SSSR count). The van der Waals surface area contributed by atoms with Crippen LogP contribution in [0.25, 0.3) is 10.9 Å². The minimum atomic E-state index is -1.01. The summed E-state index contributed by atoms with van der Waals surface area (Å²) in [6.07, 6.45) is 1.28. The van der Waals surface area contributed by atoms with Crippen molar-refractivity contribution in [3.63, 3.8) is 0 Å². The van der Waals surface area contributed by atoms with Crippen LogP contribution in [0.4, 0.5) is 10.5 Å². The number of amides is 1. The summed E-state index contributed by atoms with van der Waals surface area (Å²) in [5, 5.41) is 12.9. The molecule has 164 valence electrons. The average molecular weight is 554 g/mol. The van der Waals surface area contributed by atoms with Gasteiger partial charge in [-0.25, -0.2) is 9.59 Å². The number of halogens is 2. The molecule has 0 radical (unpaired) electrons. The molecular formula is C22H22Br2N2O5. The van der Waals surface area contributed by atoms with E-state index in [-0.39, 0.29) is 5.56 Å². The third-order valence-corrected chi connectivity index (χ3v) is 6.94. The fourth-order valence-electron chi connectivity index (χ4n) is 3.15. The monoisotopic (exact) mass is 552 g/mol. The van der Waals surface area contributed by atoms with Crippen molar-refractivity contribution in [2.45, 2.75) is 26.3 Å². The molecule has 0 aliphatic rings. The number of fused-ring (bicyclic) bond motifs is 1. The number of aromatic carboxylic acids is 1. The van der Waals surface area contributed by atoms with Crippen LogP contribution in [0.1, 0.15) is 35.7 Å². The lowest BCUT2D eigenvalue weighted by molar-refractivity contribution is 0.0696. The lowest BCUT2D eigenvalue weighted by Crippen LogP contribution is -2.14. The van der Waals surface area contributed by atoms with E-state index >= 15 is 0 Å². The summed E-state index contributed by atoms with van der Waals surface area (Å²) >= 11 is 7.23. The summed E-state index contributed by atoms with van der Waals surface area (Å²) in [6, 6.07) is 10.4. The third-order valence-electron chi connectivity index (χ3n) is 4.78. The minimum absolute atomic E-state index is 0.159. The lowest BCUT2D eigenvalue weighted by atomic mass is 10.1. The number of methoxy groups -OCH3 is 1. The Balaban J connectivity index is 1.94. The number of nitrogens with one attached hydrogen (secondary N) is 1. The predicted octanol–water partition coefficient (Wildman–Crippen LogP) is 6.27. The summed E-state index contributed by atoms with van der Waals surface area (Å²) in [5.74, 6) is -0.528. The normalized spacial score (nSPS) is 10.8. The van der Waals surface area contributed by atoms with Gasteiger partial charge < -0.3 is 19.1 Å². The van der Waals surface area contributed by atoms with Crippen molar-refractivity contribution in [3.8, 4) is 5.75 Å². The average Bonchev–Trinajstić information content (AvgIpc) is 2.98. The maximum atomic E-state index is 12.0. The highest BCUT2D eigenvalue weighted by Crippen LogP contribution is 2.37. The Labute approximate surface area is 196 Å². The summed E-state index contributed by atoms with van der Waals surface area (Å²) in [6.45, 7) is 2.84. The molecular weight excluding hydrogens is 532 g/mol. The van der Waals surface area contributed by atoms with Gasteiger partial charge >= 0.3 is 12.1 Å². The van der Waals surface area contributed by atoms with E-state index in [1.807, 2.05) is 29.7 Å². The summed E-state index contributed by atoms with van der Waals surface area (Å²) in [5.41, 5.74) is 2.46. The van der Waals surface area contributed by atoms with Gasteiger partial charge in [-0.05, 0) is 68.6 Å². The molecule has 0 saturated heterocycles. The Morgan fingerprint density at radius 3 is 2.61 bits per heavy atom. The Hall–Kier alpha value is -2.52. The number of unbranched alkanes of at least 4 members (excludes halogenated alkanes) is 1. The number of anilines is 1. The van der Waals surface area contributed by atoms with Crippen LogP contribution >= 0.6 is 31.9 Å². The number of hydrogen-bond acceptors (Lipinski definition) is 4. The molecule has 0 unspecified atom stereocenters. The van der Waals surface area contributed by atoms with Crippen LogP contribution < -0.4 is 10.1 Å². The molecule has 0 atom stereocenters. The smallest absolute Gasteiger partial charge is 0.411 e. The van der Waals surface area contributed by atoms with E-state index in [1.165, 1.54) is 13.2 Å². The molecule has 1 amide bonds. The van der Waals surface area contributed by atoms with Gasteiger partial charge in [-0.1, -0.05) is 19.4 Å². The number of carbonyl (C=O) groups excluding carboxylic acids is 1. The molecule has 2 aromatic carbocycles. The highest BCUT2D eigenvalue weighted by Gasteiger charge is 2.17. The minimum Gasteiger partial charge on any atom is -0.496 e. The number of carbonyl (C=O) groups is 2. The van der Waals surface area contributed by atoms with Crippen molar-refractivity contribution >= 4 is 60.5 Å². The number of benzene rings is 2. The van der Waals surface area contributed by atoms with Gasteiger partial charge in [-0.15, -0.1) is 0 Å². The van der Waals surface area contributed by atoms with E-state index in [2.05, 4.69) is 37.2 Å².